The summed E-state index contributed by atoms with van der Waals surface area (Å²) in [7, 11) is 0. The van der Waals surface area contributed by atoms with Gasteiger partial charge >= 0.3 is 0 Å². The van der Waals surface area contributed by atoms with Crippen LogP contribution in [0.25, 0.3) is 0 Å². The second-order valence-corrected chi connectivity index (χ2v) is 4.77. The Labute approximate surface area is 110 Å². The van der Waals surface area contributed by atoms with Crippen molar-refractivity contribution >= 4 is 5.69 Å². The van der Waals surface area contributed by atoms with Crippen LogP contribution in [0.1, 0.15) is 31.2 Å². The maximum Gasteiger partial charge on any atom is 0.275 e. The highest BCUT2D eigenvalue weighted by Gasteiger charge is 2.21. The van der Waals surface area contributed by atoms with Crippen molar-refractivity contribution in [1.82, 2.24) is 0 Å². The number of rotatable bonds is 4. The summed E-state index contributed by atoms with van der Waals surface area (Å²) < 4.78 is 18.7. The van der Waals surface area contributed by atoms with Gasteiger partial charge in [0, 0.05) is 6.07 Å². The van der Waals surface area contributed by atoms with Crippen LogP contribution in [-0.4, -0.2) is 22.2 Å². The molecule has 1 aromatic rings. The van der Waals surface area contributed by atoms with Crippen molar-refractivity contribution < 1.29 is 19.2 Å². The van der Waals surface area contributed by atoms with Crippen LogP contribution < -0.4 is 0 Å². The Morgan fingerprint density at radius 3 is 2.68 bits per heavy atom. The van der Waals surface area contributed by atoms with Crippen molar-refractivity contribution in [3.63, 3.8) is 0 Å². The Bertz CT molecular complexity index is 458. The van der Waals surface area contributed by atoms with Gasteiger partial charge in [-0.3, -0.25) is 10.1 Å². The van der Waals surface area contributed by atoms with Crippen molar-refractivity contribution in [3.8, 4) is 0 Å². The van der Waals surface area contributed by atoms with Crippen LogP contribution in [0.2, 0.25) is 0 Å². The standard InChI is InChI=1S/C13H16FNO4/c14-10-1-6-13(15(17)18)9(7-10)8-19-12-4-2-11(16)3-5-12/h1,6-7,11-12,16H,2-5,8H2. The van der Waals surface area contributed by atoms with Crippen LogP contribution in [0, 0.1) is 15.9 Å². The molecule has 0 saturated heterocycles. The van der Waals surface area contributed by atoms with Gasteiger partial charge < -0.3 is 9.84 Å². The van der Waals surface area contributed by atoms with Crippen molar-refractivity contribution in [2.45, 2.75) is 44.5 Å². The van der Waals surface area contributed by atoms with Gasteiger partial charge in [0.15, 0.2) is 0 Å². The molecule has 19 heavy (non-hydrogen) atoms. The fourth-order valence-corrected chi connectivity index (χ4v) is 2.27. The van der Waals surface area contributed by atoms with Crippen molar-refractivity contribution in [2.75, 3.05) is 0 Å². The summed E-state index contributed by atoms with van der Waals surface area (Å²) in [5.41, 5.74) is 0.119. The van der Waals surface area contributed by atoms with E-state index in [1.807, 2.05) is 0 Å². The van der Waals surface area contributed by atoms with Gasteiger partial charge in [-0.2, -0.15) is 0 Å². The molecule has 0 aromatic heterocycles. The van der Waals surface area contributed by atoms with Gasteiger partial charge in [-0.05, 0) is 37.8 Å². The summed E-state index contributed by atoms with van der Waals surface area (Å²) in [5, 5.41) is 20.2. The summed E-state index contributed by atoms with van der Waals surface area (Å²) in [6.07, 6.45) is 2.51. The van der Waals surface area contributed by atoms with E-state index in [0.717, 1.165) is 31.0 Å². The average molecular weight is 269 g/mol. The maximum absolute atomic E-state index is 13.1. The molecule has 5 nitrogen and oxygen atoms in total. The molecule has 104 valence electrons. The van der Waals surface area contributed by atoms with E-state index in [9.17, 15) is 19.6 Å². The second-order valence-electron chi connectivity index (χ2n) is 4.77. The fourth-order valence-electron chi connectivity index (χ4n) is 2.27. The van der Waals surface area contributed by atoms with Crippen LogP contribution in [0.15, 0.2) is 18.2 Å². The Hall–Kier alpha value is -1.53. The van der Waals surface area contributed by atoms with E-state index >= 15 is 0 Å². The van der Waals surface area contributed by atoms with E-state index in [1.165, 1.54) is 0 Å². The molecule has 1 aliphatic carbocycles. The van der Waals surface area contributed by atoms with Crippen LogP contribution in [0.4, 0.5) is 10.1 Å². The molecule has 0 atom stereocenters. The van der Waals surface area contributed by atoms with E-state index in [-0.39, 0.29) is 30.1 Å². The molecule has 6 heteroatoms. The van der Waals surface area contributed by atoms with Gasteiger partial charge in [-0.15, -0.1) is 0 Å². The third-order valence-corrected chi connectivity index (χ3v) is 3.36. The van der Waals surface area contributed by atoms with Gasteiger partial charge in [0.25, 0.3) is 5.69 Å². The van der Waals surface area contributed by atoms with Crippen molar-refractivity contribution in [2.24, 2.45) is 0 Å². The molecule has 1 fully saturated rings. The average Bonchev–Trinajstić information content (AvgIpc) is 2.38. The summed E-state index contributed by atoms with van der Waals surface area (Å²) in [6.45, 7) is 0.0227. The van der Waals surface area contributed by atoms with Crippen molar-refractivity contribution in [1.29, 1.82) is 0 Å². The summed E-state index contributed by atoms with van der Waals surface area (Å²) in [6, 6.07) is 3.35. The molecular formula is C13H16FNO4. The van der Waals surface area contributed by atoms with E-state index < -0.39 is 10.7 Å². The molecular weight excluding hydrogens is 253 g/mol. The molecule has 1 aliphatic rings. The van der Waals surface area contributed by atoms with Gasteiger partial charge in [-0.1, -0.05) is 0 Å². The summed E-state index contributed by atoms with van der Waals surface area (Å²) in [5.74, 6) is -0.511. The Morgan fingerprint density at radius 2 is 2.05 bits per heavy atom. The Kier molecular flexibility index (Phi) is 4.44. The Morgan fingerprint density at radius 1 is 1.37 bits per heavy atom. The molecule has 0 amide bonds. The molecule has 1 N–H and O–H groups in total. The second kappa shape index (κ2) is 6.08. The van der Waals surface area contributed by atoms with E-state index in [1.54, 1.807) is 0 Å². The molecule has 1 aromatic carbocycles. The first-order valence-corrected chi connectivity index (χ1v) is 6.28. The lowest BCUT2D eigenvalue weighted by molar-refractivity contribution is -0.386. The SMILES string of the molecule is O=[N+]([O-])c1ccc(F)cc1COC1CCC(O)CC1. The first-order valence-electron chi connectivity index (χ1n) is 6.28. The number of hydrogen-bond donors (Lipinski definition) is 1. The molecule has 0 bridgehead atoms. The summed E-state index contributed by atoms with van der Waals surface area (Å²) >= 11 is 0. The zero-order valence-corrected chi connectivity index (χ0v) is 10.4. The first-order chi connectivity index (χ1) is 9.06. The highest BCUT2D eigenvalue weighted by atomic mass is 19.1. The highest BCUT2D eigenvalue weighted by molar-refractivity contribution is 5.39. The van der Waals surface area contributed by atoms with Crippen molar-refractivity contribution in [3.05, 3.63) is 39.7 Å². The minimum Gasteiger partial charge on any atom is -0.393 e. The number of halogens is 1. The quantitative estimate of drug-likeness (QED) is 0.673. The molecule has 1 saturated carbocycles. The Balaban J connectivity index is 1.98. The minimum atomic E-state index is -0.539. The largest absolute Gasteiger partial charge is 0.393 e. The van der Waals surface area contributed by atoms with Crippen LogP contribution in [0.3, 0.4) is 0 Å². The normalized spacial score (nSPS) is 23.3. The van der Waals surface area contributed by atoms with E-state index in [0.29, 0.717) is 12.8 Å². The lowest BCUT2D eigenvalue weighted by Gasteiger charge is -2.25. The molecule has 0 heterocycles. The van der Waals surface area contributed by atoms with Crippen LogP contribution >= 0.6 is 0 Å². The molecule has 0 spiro atoms. The van der Waals surface area contributed by atoms with Gasteiger partial charge in [0.2, 0.25) is 0 Å². The maximum atomic E-state index is 13.1. The number of aliphatic hydroxyl groups is 1. The van der Waals surface area contributed by atoms with Gasteiger partial charge in [0.1, 0.15) is 5.82 Å². The van der Waals surface area contributed by atoms with Crippen LogP contribution in [0.5, 0.6) is 0 Å². The highest BCUT2D eigenvalue weighted by Crippen LogP contribution is 2.25. The number of hydrogen-bond acceptors (Lipinski definition) is 4. The predicted octanol–water partition coefficient (Wildman–Crippen LogP) is 2.55. The molecule has 0 radical (unpaired) electrons. The predicted molar refractivity (Wildman–Crippen MR) is 66.1 cm³/mol. The lowest BCUT2D eigenvalue weighted by Crippen LogP contribution is -2.24. The zero-order valence-electron chi connectivity index (χ0n) is 10.4. The molecule has 0 aliphatic heterocycles. The number of nitro benzene ring substituents is 1. The van der Waals surface area contributed by atoms with Crippen LogP contribution in [-0.2, 0) is 11.3 Å². The number of nitro groups is 1. The smallest absolute Gasteiger partial charge is 0.275 e. The van der Waals surface area contributed by atoms with E-state index in [2.05, 4.69) is 0 Å². The monoisotopic (exact) mass is 269 g/mol. The third kappa shape index (κ3) is 3.71. The summed E-state index contributed by atoms with van der Waals surface area (Å²) in [4.78, 5) is 10.3. The first kappa shape index (κ1) is 13.9. The topological polar surface area (TPSA) is 72.6 Å². The number of aliphatic hydroxyl groups excluding tert-OH is 1. The zero-order chi connectivity index (χ0) is 13.8. The van der Waals surface area contributed by atoms with Gasteiger partial charge in [0.05, 0.1) is 29.3 Å². The number of nitrogens with zero attached hydrogens (tertiary/aromatic N) is 1. The molecule has 0 unspecified atom stereocenters. The number of benzene rings is 1. The third-order valence-electron chi connectivity index (χ3n) is 3.36. The molecule has 2 rings (SSSR count). The fraction of sp³-hybridized carbons (Fsp3) is 0.538. The van der Waals surface area contributed by atoms with E-state index in [4.69, 9.17) is 4.74 Å². The van der Waals surface area contributed by atoms with Gasteiger partial charge in [-0.25, -0.2) is 4.39 Å². The number of ether oxygens (including phenoxy) is 1. The minimum absolute atomic E-state index is 0.0220. The lowest BCUT2D eigenvalue weighted by atomic mass is 9.95.